The first-order chi connectivity index (χ1) is 10.3. The Morgan fingerprint density at radius 3 is 3.00 bits per heavy atom. The molecule has 2 heterocycles. The number of nitrogens with zero attached hydrogens (tertiary/aromatic N) is 3. The lowest BCUT2D eigenvalue weighted by atomic mass is 9.96. The van der Waals surface area contributed by atoms with Gasteiger partial charge in [-0.1, -0.05) is 19.8 Å². The molecule has 0 saturated carbocycles. The molecule has 0 spiro atoms. The van der Waals surface area contributed by atoms with Crippen molar-refractivity contribution in [1.82, 2.24) is 20.3 Å². The van der Waals surface area contributed by atoms with Gasteiger partial charge >= 0.3 is 0 Å². The van der Waals surface area contributed by atoms with Crippen LogP contribution in [0.3, 0.4) is 0 Å². The molecule has 2 aromatic rings. The molecule has 5 nitrogen and oxygen atoms in total. The van der Waals surface area contributed by atoms with Gasteiger partial charge in [-0.05, 0) is 43.4 Å². The lowest BCUT2D eigenvalue weighted by molar-refractivity contribution is 0.0760. The summed E-state index contributed by atoms with van der Waals surface area (Å²) < 4.78 is 0. The first-order valence-electron chi connectivity index (χ1n) is 7.87. The highest BCUT2D eigenvalue weighted by Crippen LogP contribution is 2.23. The molecule has 1 aliphatic rings. The fourth-order valence-electron chi connectivity index (χ4n) is 3.22. The Labute approximate surface area is 124 Å². The topological polar surface area (TPSA) is 61.9 Å². The number of carbonyl (C=O) groups excluding carboxylic acids is 1. The molecule has 1 saturated heterocycles. The number of fused-ring (bicyclic) bond motifs is 1. The first-order valence-corrected chi connectivity index (χ1v) is 7.87. The Morgan fingerprint density at radius 2 is 2.14 bits per heavy atom. The van der Waals surface area contributed by atoms with Crippen molar-refractivity contribution in [1.29, 1.82) is 0 Å². The van der Waals surface area contributed by atoms with Gasteiger partial charge in [0.1, 0.15) is 11.0 Å². The number of aromatic amines is 1. The predicted molar refractivity (Wildman–Crippen MR) is 82.0 cm³/mol. The first kappa shape index (κ1) is 14.0. The third-order valence-corrected chi connectivity index (χ3v) is 4.40. The maximum atomic E-state index is 12.7. The average Bonchev–Trinajstić information content (AvgIpc) is 2.85. The molecule has 1 N–H and O–H groups in total. The second kappa shape index (κ2) is 6.24. The SMILES string of the molecule is CCC[C@H]1CCCN(C(=O)c2ccc3n[nH]nc3c2)CC1. The Morgan fingerprint density at radius 1 is 1.29 bits per heavy atom. The number of hydrogen-bond acceptors (Lipinski definition) is 3. The number of H-pyrrole nitrogens is 1. The van der Waals surface area contributed by atoms with Gasteiger partial charge in [0.05, 0.1) is 0 Å². The maximum Gasteiger partial charge on any atom is 0.253 e. The third kappa shape index (κ3) is 3.06. The van der Waals surface area contributed by atoms with Crippen LogP contribution in [-0.4, -0.2) is 39.3 Å². The number of aromatic nitrogens is 3. The minimum atomic E-state index is 0.122. The van der Waals surface area contributed by atoms with Crippen LogP contribution in [0, 0.1) is 5.92 Å². The van der Waals surface area contributed by atoms with Crippen LogP contribution in [-0.2, 0) is 0 Å². The van der Waals surface area contributed by atoms with E-state index in [1.54, 1.807) is 0 Å². The summed E-state index contributed by atoms with van der Waals surface area (Å²) >= 11 is 0. The van der Waals surface area contributed by atoms with Gasteiger partial charge in [0.15, 0.2) is 0 Å². The van der Waals surface area contributed by atoms with Crippen molar-refractivity contribution >= 4 is 16.9 Å². The zero-order valence-electron chi connectivity index (χ0n) is 12.5. The van der Waals surface area contributed by atoms with E-state index in [1.807, 2.05) is 23.1 Å². The van der Waals surface area contributed by atoms with Crippen LogP contribution in [0.2, 0.25) is 0 Å². The molecule has 1 aromatic carbocycles. The number of rotatable bonds is 3. The lowest BCUT2D eigenvalue weighted by Crippen LogP contribution is -2.32. The summed E-state index contributed by atoms with van der Waals surface area (Å²) in [5.74, 6) is 0.905. The number of nitrogens with one attached hydrogen (secondary N) is 1. The van der Waals surface area contributed by atoms with Gasteiger partial charge in [0.2, 0.25) is 0 Å². The predicted octanol–water partition coefficient (Wildman–Crippen LogP) is 3.00. The van der Waals surface area contributed by atoms with E-state index < -0.39 is 0 Å². The van der Waals surface area contributed by atoms with Gasteiger partial charge < -0.3 is 4.90 Å². The van der Waals surface area contributed by atoms with Gasteiger partial charge in [-0.15, -0.1) is 0 Å². The molecule has 0 radical (unpaired) electrons. The van der Waals surface area contributed by atoms with Crippen molar-refractivity contribution in [2.75, 3.05) is 13.1 Å². The highest BCUT2D eigenvalue weighted by Gasteiger charge is 2.21. The van der Waals surface area contributed by atoms with Crippen LogP contribution in [0.15, 0.2) is 18.2 Å². The molecule has 112 valence electrons. The second-order valence-electron chi connectivity index (χ2n) is 5.90. The van der Waals surface area contributed by atoms with E-state index in [0.717, 1.165) is 42.9 Å². The van der Waals surface area contributed by atoms with Crippen LogP contribution >= 0.6 is 0 Å². The van der Waals surface area contributed by atoms with Gasteiger partial charge in [-0.3, -0.25) is 4.79 Å². The second-order valence-corrected chi connectivity index (χ2v) is 5.90. The highest BCUT2D eigenvalue weighted by atomic mass is 16.2. The van der Waals surface area contributed by atoms with Crippen LogP contribution in [0.25, 0.3) is 11.0 Å². The molecule has 21 heavy (non-hydrogen) atoms. The van der Waals surface area contributed by atoms with Crippen molar-refractivity contribution in [3.8, 4) is 0 Å². The molecule has 1 atom stereocenters. The van der Waals surface area contributed by atoms with E-state index in [2.05, 4.69) is 22.3 Å². The molecule has 1 aromatic heterocycles. The molecule has 5 heteroatoms. The summed E-state index contributed by atoms with van der Waals surface area (Å²) in [7, 11) is 0. The van der Waals surface area contributed by atoms with Crippen molar-refractivity contribution in [2.24, 2.45) is 5.92 Å². The number of benzene rings is 1. The summed E-state index contributed by atoms with van der Waals surface area (Å²) in [6.07, 6.45) is 6.02. The quantitative estimate of drug-likeness (QED) is 0.943. The van der Waals surface area contributed by atoms with Crippen molar-refractivity contribution < 1.29 is 4.79 Å². The summed E-state index contributed by atoms with van der Waals surface area (Å²) in [6, 6.07) is 5.53. The highest BCUT2D eigenvalue weighted by molar-refractivity contribution is 5.97. The summed E-state index contributed by atoms with van der Waals surface area (Å²) in [6.45, 7) is 3.98. The largest absolute Gasteiger partial charge is 0.339 e. The summed E-state index contributed by atoms with van der Waals surface area (Å²) in [4.78, 5) is 14.6. The minimum Gasteiger partial charge on any atom is -0.339 e. The third-order valence-electron chi connectivity index (χ3n) is 4.40. The molecule has 1 fully saturated rings. The molecule has 3 rings (SSSR count). The van der Waals surface area contributed by atoms with Gasteiger partial charge in [0, 0.05) is 18.7 Å². The van der Waals surface area contributed by atoms with E-state index in [1.165, 1.54) is 19.3 Å². The smallest absolute Gasteiger partial charge is 0.253 e. The molecule has 1 aliphatic heterocycles. The van der Waals surface area contributed by atoms with Crippen molar-refractivity contribution in [3.63, 3.8) is 0 Å². The Hall–Kier alpha value is -1.91. The maximum absolute atomic E-state index is 12.7. The number of likely N-dealkylation sites (tertiary alicyclic amines) is 1. The van der Waals surface area contributed by atoms with E-state index >= 15 is 0 Å². The van der Waals surface area contributed by atoms with E-state index in [0.29, 0.717) is 5.56 Å². The Balaban J connectivity index is 1.72. The Bertz CT molecular complexity index is 622. The molecule has 1 amide bonds. The molecule has 0 bridgehead atoms. The molecular weight excluding hydrogens is 264 g/mol. The minimum absolute atomic E-state index is 0.122. The van der Waals surface area contributed by atoms with Crippen LogP contribution in [0.1, 0.15) is 49.4 Å². The van der Waals surface area contributed by atoms with E-state index in [9.17, 15) is 4.79 Å². The number of carbonyl (C=O) groups is 1. The number of amides is 1. The lowest BCUT2D eigenvalue weighted by Gasteiger charge is -2.20. The van der Waals surface area contributed by atoms with Crippen molar-refractivity contribution in [2.45, 2.75) is 39.0 Å². The summed E-state index contributed by atoms with van der Waals surface area (Å²) in [5, 5.41) is 10.7. The van der Waals surface area contributed by atoms with E-state index in [-0.39, 0.29) is 5.91 Å². The summed E-state index contributed by atoms with van der Waals surface area (Å²) in [5.41, 5.74) is 2.26. The van der Waals surface area contributed by atoms with Crippen LogP contribution in [0.5, 0.6) is 0 Å². The van der Waals surface area contributed by atoms with Gasteiger partial charge in [-0.2, -0.15) is 15.4 Å². The van der Waals surface area contributed by atoms with Gasteiger partial charge in [-0.25, -0.2) is 0 Å². The fourth-order valence-corrected chi connectivity index (χ4v) is 3.22. The monoisotopic (exact) mass is 286 g/mol. The standard InChI is InChI=1S/C16H22N4O/c1-2-4-12-5-3-9-20(10-8-12)16(21)13-6-7-14-15(11-13)18-19-17-14/h6-7,11-12H,2-5,8-10H2,1H3,(H,17,18,19)/t12-/m0/s1. The Kier molecular flexibility index (Phi) is 4.18. The normalized spacial score (nSPS) is 19.7. The fraction of sp³-hybridized carbons (Fsp3) is 0.562. The zero-order valence-corrected chi connectivity index (χ0v) is 12.5. The van der Waals surface area contributed by atoms with Crippen LogP contribution in [0.4, 0.5) is 0 Å². The molecular formula is C16H22N4O. The average molecular weight is 286 g/mol. The molecule has 0 unspecified atom stereocenters. The zero-order chi connectivity index (χ0) is 14.7. The molecule has 0 aliphatic carbocycles. The van der Waals surface area contributed by atoms with E-state index in [4.69, 9.17) is 0 Å². The van der Waals surface area contributed by atoms with Gasteiger partial charge in [0.25, 0.3) is 5.91 Å². The van der Waals surface area contributed by atoms with Crippen LogP contribution < -0.4 is 0 Å². The van der Waals surface area contributed by atoms with Crippen molar-refractivity contribution in [3.05, 3.63) is 23.8 Å². The number of hydrogen-bond donors (Lipinski definition) is 1.